The Hall–Kier alpha value is -2.94. The molecule has 2 aromatic rings. The molecule has 2 amide bonds. The largest absolute Gasteiger partial charge is 0.437 e. The standard InChI is InChI=1S/C17H14F3N3O3/c18-17(19,20)16(26)12(14(24)11-4-2-1-3-5-11)13(22-15(25)23-16)10-6-8-21-9-7-10/h1-9,12-13,26H,(H2,22,23,25)/t12-,13+,16-/m1/s1. The summed E-state index contributed by atoms with van der Waals surface area (Å²) in [4.78, 5) is 28.5. The lowest BCUT2D eigenvalue weighted by molar-refractivity contribution is -0.287. The van der Waals surface area contributed by atoms with Crippen molar-refractivity contribution < 1.29 is 27.9 Å². The number of ketones is 1. The number of nitrogens with one attached hydrogen (secondary N) is 2. The number of Topliss-reactive ketones (excluding diaryl/α,β-unsaturated/α-hetero) is 1. The van der Waals surface area contributed by atoms with Gasteiger partial charge in [-0.3, -0.25) is 9.78 Å². The van der Waals surface area contributed by atoms with Crippen LogP contribution in [-0.2, 0) is 0 Å². The monoisotopic (exact) mass is 365 g/mol. The first-order valence-corrected chi connectivity index (χ1v) is 7.61. The van der Waals surface area contributed by atoms with E-state index >= 15 is 0 Å². The SMILES string of the molecule is O=C1N[C@@H](c2ccncc2)[C@H](C(=O)c2ccccc2)[C@@](O)(C(F)(F)F)N1. The molecule has 6 nitrogen and oxygen atoms in total. The Bertz CT molecular complexity index is 814. The lowest BCUT2D eigenvalue weighted by Crippen LogP contribution is -2.72. The maximum atomic E-state index is 13.7. The summed E-state index contributed by atoms with van der Waals surface area (Å²) in [6.07, 6.45) is -2.63. The molecule has 0 radical (unpaired) electrons. The number of carbonyl (C=O) groups excluding carboxylic acids is 2. The van der Waals surface area contributed by atoms with Gasteiger partial charge in [-0.05, 0) is 17.7 Å². The van der Waals surface area contributed by atoms with Gasteiger partial charge < -0.3 is 15.7 Å². The highest BCUT2D eigenvalue weighted by Crippen LogP contribution is 2.43. The highest BCUT2D eigenvalue weighted by atomic mass is 19.4. The van der Waals surface area contributed by atoms with Crippen molar-refractivity contribution in [2.45, 2.75) is 17.9 Å². The molecule has 9 heteroatoms. The summed E-state index contributed by atoms with van der Waals surface area (Å²) in [5.74, 6) is -3.00. The van der Waals surface area contributed by atoms with Crippen LogP contribution in [0.15, 0.2) is 54.9 Å². The molecule has 3 N–H and O–H groups in total. The van der Waals surface area contributed by atoms with E-state index in [2.05, 4.69) is 10.3 Å². The number of urea groups is 1. The van der Waals surface area contributed by atoms with E-state index in [0.29, 0.717) is 0 Å². The van der Waals surface area contributed by atoms with Crippen molar-refractivity contribution in [2.24, 2.45) is 5.92 Å². The van der Waals surface area contributed by atoms with Crippen molar-refractivity contribution in [3.05, 3.63) is 66.0 Å². The lowest BCUT2D eigenvalue weighted by atomic mass is 9.77. The molecule has 136 valence electrons. The van der Waals surface area contributed by atoms with Crippen LogP contribution >= 0.6 is 0 Å². The van der Waals surface area contributed by atoms with Crippen molar-refractivity contribution in [1.29, 1.82) is 0 Å². The Morgan fingerprint density at radius 3 is 2.31 bits per heavy atom. The maximum absolute atomic E-state index is 13.7. The molecule has 0 unspecified atom stereocenters. The Kier molecular flexibility index (Phi) is 4.41. The average Bonchev–Trinajstić information content (AvgIpc) is 2.61. The van der Waals surface area contributed by atoms with Gasteiger partial charge in [0.2, 0.25) is 5.72 Å². The van der Waals surface area contributed by atoms with Gasteiger partial charge in [-0.1, -0.05) is 30.3 Å². The number of alkyl halides is 3. The van der Waals surface area contributed by atoms with E-state index in [0.717, 1.165) is 0 Å². The van der Waals surface area contributed by atoms with E-state index < -0.39 is 35.7 Å². The second-order valence-electron chi connectivity index (χ2n) is 5.83. The number of benzene rings is 1. The number of aliphatic hydroxyl groups is 1. The van der Waals surface area contributed by atoms with Crippen molar-refractivity contribution in [1.82, 2.24) is 15.6 Å². The first-order chi connectivity index (χ1) is 12.2. The molecule has 2 heterocycles. The Balaban J connectivity index is 2.15. The minimum absolute atomic E-state index is 0.0165. The molecule has 1 aromatic heterocycles. The number of rotatable bonds is 3. The summed E-state index contributed by atoms with van der Waals surface area (Å²) in [6, 6.07) is 7.41. The number of pyridine rings is 1. The van der Waals surface area contributed by atoms with E-state index in [1.54, 1.807) is 6.07 Å². The van der Waals surface area contributed by atoms with Gasteiger partial charge in [0, 0.05) is 18.0 Å². The third kappa shape index (κ3) is 3.01. The molecule has 3 rings (SSSR count). The second-order valence-corrected chi connectivity index (χ2v) is 5.83. The number of hydrogen-bond donors (Lipinski definition) is 3. The summed E-state index contributed by atoms with van der Waals surface area (Å²) >= 11 is 0. The van der Waals surface area contributed by atoms with Crippen LogP contribution in [0.5, 0.6) is 0 Å². The van der Waals surface area contributed by atoms with Gasteiger partial charge in [0.1, 0.15) is 5.92 Å². The fourth-order valence-corrected chi connectivity index (χ4v) is 2.97. The molecule has 0 saturated carbocycles. The predicted octanol–water partition coefficient (Wildman–Crippen LogP) is 2.19. The molecule has 1 aromatic carbocycles. The zero-order valence-corrected chi connectivity index (χ0v) is 13.2. The highest BCUT2D eigenvalue weighted by molar-refractivity contribution is 6.00. The molecule has 0 aliphatic carbocycles. The zero-order valence-electron chi connectivity index (χ0n) is 13.2. The van der Waals surface area contributed by atoms with Gasteiger partial charge in [0.05, 0.1) is 6.04 Å². The number of carbonyl (C=O) groups is 2. The Morgan fingerprint density at radius 2 is 1.73 bits per heavy atom. The number of halogens is 3. The van der Waals surface area contributed by atoms with Gasteiger partial charge in [-0.15, -0.1) is 0 Å². The fraction of sp³-hybridized carbons (Fsp3) is 0.235. The van der Waals surface area contributed by atoms with Crippen LogP contribution in [0.1, 0.15) is 22.0 Å². The van der Waals surface area contributed by atoms with Crippen LogP contribution in [-0.4, -0.2) is 33.8 Å². The molecule has 1 saturated heterocycles. The first kappa shape index (κ1) is 17.9. The van der Waals surface area contributed by atoms with E-state index in [-0.39, 0.29) is 11.1 Å². The maximum Gasteiger partial charge on any atom is 0.437 e. The van der Waals surface area contributed by atoms with E-state index in [4.69, 9.17) is 0 Å². The van der Waals surface area contributed by atoms with Crippen molar-refractivity contribution in [3.63, 3.8) is 0 Å². The molecule has 0 bridgehead atoms. The van der Waals surface area contributed by atoms with Crippen molar-refractivity contribution in [3.8, 4) is 0 Å². The normalized spacial score (nSPS) is 25.9. The summed E-state index contributed by atoms with van der Waals surface area (Å²) in [6.45, 7) is 0. The predicted molar refractivity (Wildman–Crippen MR) is 83.9 cm³/mol. The van der Waals surface area contributed by atoms with Crippen LogP contribution < -0.4 is 10.6 Å². The third-order valence-corrected chi connectivity index (χ3v) is 4.21. The summed E-state index contributed by atoms with van der Waals surface area (Å²) < 4.78 is 41.0. The van der Waals surface area contributed by atoms with Gasteiger partial charge in [-0.2, -0.15) is 13.2 Å². The third-order valence-electron chi connectivity index (χ3n) is 4.21. The second kappa shape index (κ2) is 6.41. The molecule has 3 atom stereocenters. The summed E-state index contributed by atoms with van der Waals surface area (Å²) in [5, 5.41) is 14.1. The average molecular weight is 365 g/mol. The van der Waals surface area contributed by atoms with Crippen molar-refractivity contribution in [2.75, 3.05) is 0 Å². The minimum Gasteiger partial charge on any atom is -0.363 e. The highest BCUT2D eigenvalue weighted by Gasteiger charge is 2.66. The van der Waals surface area contributed by atoms with E-state index in [1.807, 2.05) is 0 Å². The number of amides is 2. The van der Waals surface area contributed by atoms with Crippen LogP contribution in [0.4, 0.5) is 18.0 Å². The van der Waals surface area contributed by atoms with Gasteiger partial charge in [0.25, 0.3) is 0 Å². The zero-order chi connectivity index (χ0) is 18.9. The molecule has 26 heavy (non-hydrogen) atoms. The van der Waals surface area contributed by atoms with Crippen LogP contribution in [0.3, 0.4) is 0 Å². The molecular formula is C17H14F3N3O3. The van der Waals surface area contributed by atoms with Crippen LogP contribution in [0.25, 0.3) is 0 Å². The molecule has 1 fully saturated rings. The van der Waals surface area contributed by atoms with Gasteiger partial charge in [0.15, 0.2) is 5.78 Å². The van der Waals surface area contributed by atoms with Crippen LogP contribution in [0.2, 0.25) is 0 Å². The first-order valence-electron chi connectivity index (χ1n) is 7.61. The number of hydrogen-bond acceptors (Lipinski definition) is 4. The van der Waals surface area contributed by atoms with Crippen molar-refractivity contribution >= 4 is 11.8 Å². The van der Waals surface area contributed by atoms with Gasteiger partial charge >= 0.3 is 12.2 Å². The quantitative estimate of drug-likeness (QED) is 0.727. The lowest BCUT2D eigenvalue weighted by Gasteiger charge is -2.45. The summed E-state index contributed by atoms with van der Waals surface area (Å²) in [5.41, 5.74) is -3.53. The fourth-order valence-electron chi connectivity index (χ4n) is 2.97. The van der Waals surface area contributed by atoms with E-state index in [1.165, 1.54) is 54.1 Å². The molecular weight excluding hydrogens is 351 g/mol. The summed E-state index contributed by atoms with van der Waals surface area (Å²) in [7, 11) is 0. The Labute approximate surface area is 146 Å². The molecule has 0 spiro atoms. The van der Waals surface area contributed by atoms with E-state index in [9.17, 15) is 27.9 Å². The topological polar surface area (TPSA) is 91.3 Å². The van der Waals surface area contributed by atoms with Gasteiger partial charge in [-0.25, -0.2) is 4.79 Å². The number of aromatic nitrogens is 1. The van der Waals surface area contributed by atoms with Crippen LogP contribution in [0, 0.1) is 5.92 Å². The Morgan fingerprint density at radius 1 is 1.12 bits per heavy atom. The molecule has 1 aliphatic rings. The molecule has 1 aliphatic heterocycles. The minimum atomic E-state index is -5.27. The smallest absolute Gasteiger partial charge is 0.363 e. The number of nitrogens with zero attached hydrogens (tertiary/aromatic N) is 1.